The molecule has 4 nitrogen and oxygen atoms in total. The Bertz CT molecular complexity index is 553. The molecule has 0 saturated carbocycles. The molecule has 0 radical (unpaired) electrons. The van der Waals surface area contributed by atoms with Gasteiger partial charge in [0.25, 0.3) is 0 Å². The van der Waals surface area contributed by atoms with Crippen molar-refractivity contribution in [2.24, 2.45) is 0 Å². The molecular formula is C13H17NO3S. The molecule has 98 valence electrons. The maximum atomic E-state index is 11.6. The summed E-state index contributed by atoms with van der Waals surface area (Å²) in [5.74, 6) is 5.33. The molecule has 0 amide bonds. The SMILES string of the molecule is CC(C)S(=O)(=O)NCc1cccc(C#CCO)c1. The largest absolute Gasteiger partial charge is 0.384 e. The van der Waals surface area contributed by atoms with Crippen LogP contribution in [0.1, 0.15) is 25.0 Å². The van der Waals surface area contributed by atoms with Crippen LogP contribution in [0.5, 0.6) is 0 Å². The van der Waals surface area contributed by atoms with Crippen molar-refractivity contribution in [2.45, 2.75) is 25.6 Å². The Balaban J connectivity index is 2.75. The van der Waals surface area contributed by atoms with Crippen molar-refractivity contribution in [3.8, 4) is 11.8 Å². The predicted molar refractivity (Wildman–Crippen MR) is 71.3 cm³/mol. The molecular weight excluding hydrogens is 250 g/mol. The lowest BCUT2D eigenvalue weighted by Crippen LogP contribution is -2.30. The number of benzene rings is 1. The fourth-order valence-electron chi connectivity index (χ4n) is 1.25. The minimum absolute atomic E-state index is 0.190. The molecule has 0 unspecified atom stereocenters. The molecule has 0 saturated heterocycles. The van der Waals surface area contributed by atoms with E-state index >= 15 is 0 Å². The van der Waals surface area contributed by atoms with Crippen LogP contribution < -0.4 is 4.72 Å². The van der Waals surface area contributed by atoms with E-state index in [0.717, 1.165) is 11.1 Å². The molecule has 1 rings (SSSR count). The highest BCUT2D eigenvalue weighted by Gasteiger charge is 2.14. The van der Waals surface area contributed by atoms with E-state index in [1.807, 2.05) is 12.1 Å². The monoisotopic (exact) mass is 267 g/mol. The van der Waals surface area contributed by atoms with E-state index in [2.05, 4.69) is 16.6 Å². The second-order valence-corrected chi connectivity index (χ2v) is 6.40. The van der Waals surface area contributed by atoms with Gasteiger partial charge in [-0.25, -0.2) is 13.1 Å². The Morgan fingerprint density at radius 2 is 2.11 bits per heavy atom. The highest BCUT2D eigenvalue weighted by atomic mass is 32.2. The molecule has 0 atom stereocenters. The summed E-state index contributed by atoms with van der Waals surface area (Å²) in [7, 11) is -3.25. The zero-order chi connectivity index (χ0) is 13.6. The highest BCUT2D eigenvalue weighted by Crippen LogP contribution is 2.05. The maximum Gasteiger partial charge on any atom is 0.214 e. The van der Waals surface area contributed by atoms with Gasteiger partial charge in [0.15, 0.2) is 0 Å². The fourth-order valence-corrected chi connectivity index (χ4v) is 1.95. The zero-order valence-electron chi connectivity index (χ0n) is 10.5. The van der Waals surface area contributed by atoms with Gasteiger partial charge in [0.05, 0.1) is 5.25 Å². The molecule has 1 aromatic rings. The van der Waals surface area contributed by atoms with Crippen molar-refractivity contribution >= 4 is 10.0 Å². The highest BCUT2D eigenvalue weighted by molar-refractivity contribution is 7.90. The van der Waals surface area contributed by atoms with Gasteiger partial charge in [0.2, 0.25) is 10.0 Å². The van der Waals surface area contributed by atoms with Crippen LogP contribution in [0.2, 0.25) is 0 Å². The first-order valence-electron chi connectivity index (χ1n) is 5.63. The smallest absolute Gasteiger partial charge is 0.214 e. The van der Waals surface area contributed by atoms with Gasteiger partial charge in [-0.15, -0.1) is 0 Å². The zero-order valence-corrected chi connectivity index (χ0v) is 11.3. The number of nitrogens with one attached hydrogen (secondary N) is 1. The van der Waals surface area contributed by atoms with E-state index in [4.69, 9.17) is 5.11 Å². The van der Waals surface area contributed by atoms with Crippen molar-refractivity contribution in [1.29, 1.82) is 0 Å². The second kappa shape index (κ2) is 6.55. The van der Waals surface area contributed by atoms with E-state index in [1.54, 1.807) is 26.0 Å². The fraction of sp³-hybridized carbons (Fsp3) is 0.385. The number of aliphatic hydroxyl groups is 1. The molecule has 0 aliphatic rings. The summed E-state index contributed by atoms with van der Waals surface area (Å²) in [4.78, 5) is 0. The third-order valence-electron chi connectivity index (χ3n) is 2.34. The Hall–Kier alpha value is -1.35. The number of hydrogen-bond acceptors (Lipinski definition) is 3. The molecule has 18 heavy (non-hydrogen) atoms. The Morgan fingerprint density at radius 1 is 1.39 bits per heavy atom. The van der Waals surface area contributed by atoms with E-state index in [1.165, 1.54) is 0 Å². The van der Waals surface area contributed by atoms with Crippen molar-refractivity contribution < 1.29 is 13.5 Å². The first-order valence-corrected chi connectivity index (χ1v) is 7.17. The van der Waals surface area contributed by atoms with Gasteiger partial charge in [-0.2, -0.15) is 0 Å². The van der Waals surface area contributed by atoms with Crippen molar-refractivity contribution in [2.75, 3.05) is 6.61 Å². The van der Waals surface area contributed by atoms with E-state index < -0.39 is 15.3 Å². The molecule has 0 aromatic heterocycles. The van der Waals surface area contributed by atoms with Crippen molar-refractivity contribution in [3.05, 3.63) is 35.4 Å². The Labute approximate surface area is 108 Å². The summed E-state index contributed by atoms with van der Waals surface area (Å²) >= 11 is 0. The molecule has 5 heteroatoms. The minimum Gasteiger partial charge on any atom is -0.384 e. The molecule has 0 heterocycles. The van der Waals surface area contributed by atoms with Crippen LogP contribution in [0.15, 0.2) is 24.3 Å². The van der Waals surface area contributed by atoms with Gasteiger partial charge in [0, 0.05) is 12.1 Å². The predicted octanol–water partition coefficient (Wildman–Crippen LogP) is 0.858. The Kier molecular flexibility index (Phi) is 5.35. The van der Waals surface area contributed by atoms with Gasteiger partial charge in [-0.1, -0.05) is 24.0 Å². The summed E-state index contributed by atoms with van der Waals surface area (Å²) in [5.41, 5.74) is 1.59. The molecule has 0 aliphatic heterocycles. The standard InChI is InChI=1S/C13H17NO3S/c1-11(2)18(16,17)14-10-13-6-3-5-12(9-13)7-4-8-15/h3,5-6,9,11,14-15H,8,10H2,1-2H3. The summed E-state index contributed by atoms with van der Waals surface area (Å²) in [6, 6.07) is 7.24. The summed E-state index contributed by atoms with van der Waals surface area (Å²) in [6.45, 7) is 3.32. The number of rotatable bonds is 4. The van der Waals surface area contributed by atoms with Gasteiger partial charge in [0.1, 0.15) is 6.61 Å². The lowest BCUT2D eigenvalue weighted by atomic mass is 10.1. The third kappa shape index (κ3) is 4.49. The molecule has 2 N–H and O–H groups in total. The van der Waals surface area contributed by atoms with Gasteiger partial charge in [-0.05, 0) is 31.5 Å². The van der Waals surface area contributed by atoms with E-state index in [9.17, 15) is 8.42 Å². The van der Waals surface area contributed by atoms with Gasteiger partial charge >= 0.3 is 0 Å². The van der Waals surface area contributed by atoms with Crippen molar-refractivity contribution in [3.63, 3.8) is 0 Å². The van der Waals surface area contributed by atoms with Crippen LogP contribution in [0.25, 0.3) is 0 Å². The lowest BCUT2D eigenvalue weighted by molar-refractivity contribution is 0.350. The van der Waals surface area contributed by atoms with Crippen LogP contribution in [-0.2, 0) is 16.6 Å². The molecule has 0 bridgehead atoms. The molecule has 0 aliphatic carbocycles. The van der Waals surface area contributed by atoms with Gasteiger partial charge in [-0.3, -0.25) is 0 Å². The van der Waals surface area contributed by atoms with Crippen molar-refractivity contribution in [1.82, 2.24) is 4.72 Å². The second-order valence-electron chi connectivity index (χ2n) is 4.08. The third-order valence-corrected chi connectivity index (χ3v) is 4.12. The first kappa shape index (κ1) is 14.7. The first-order chi connectivity index (χ1) is 8.45. The average Bonchev–Trinajstić information content (AvgIpc) is 2.34. The van der Waals surface area contributed by atoms with Crippen LogP contribution in [0, 0.1) is 11.8 Å². The minimum atomic E-state index is -3.25. The van der Waals surface area contributed by atoms with Crippen LogP contribution >= 0.6 is 0 Å². The summed E-state index contributed by atoms with van der Waals surface area (Å²) in [6.07, 6.45) is 0. The molecule has 0 spiro atoms. The van der Waals surface area contributed by atoms with E-state index in [0.29, 0.717) is 0 Å². The number of sulfonamides is 1. The quantitative estimate of drug-likeness (QED) is 0.795. The summed E-state index contributed by atoms with van der Waals surface area (Å²) < 4.78 is 25.7. The normalized spacial score (nSPS) is 11.1. The Morgan fingerprint density at radius 3 is 2.72 bits per heavy atom. The average molecular weight is 267 g/mol. The van der Waals surface area contributed by atoms with E-state index in [-0.39, 0.29) is 13.2 Å². The topological polar surface area (TPSA) is 66.4 Å². The lowest BCUT2D eigenvalue weighted by Gasteiger charge is -2.09. The maximum absolute atomic E-state index is 11.6. The number of aliphatic hydroxyl groups excluding tert-OH is 1. The van der Waals surface area contributed by atoms with Crippen LogP contribution in [0.4, 0.5) is 0 Å². The van der Waals surface area contributed by atoms with Gasteiger partial charge < -0.3 is 5.11 Å². The van der Waals surface area contributed by atoms with Crippen LogP contribution in [-0.4, -0.2) is 25.4 Å². The van der Waals surface area contributed by atoms with Crippen LogP contribution in [0.3, 0.4) is 0 Å². The summed E-state index contributed by atoms with van der Waals surface area (Å²) in [5, 5.41) is 8.15. The number of hydrogen-bond donors (Lipinski definition) is 2. The molecule has 1 aromatic carbocycles. The molecule has 0 fully saturated rings.